The van der Waals surface area contributed by atoms with E-state index in [2.05, 4.69) is 28.8 Å². The third-order valence-corrected chi connectivity index (χ3v) is 5.33. The van der Waals surface area contributed by atoms with Crippen molar-refractivity contribution in [2.75, 3.05) is 25.5 Å². The first kappa shape index (κ1) is 18.3. The van der Waals surface area contributed by atoms with Crippen molar-refractivity contribution in [2.24, 2.45) is 5.92 Å². The highest BCUT2D eigenvalue weighted by Crippen LogP contribution is 2.31. The van der Waals surface area contributed by atoms with E-state index in [9.17, 15) is 4.79 Å². The van der Waals surface area contributed by atoms with Gasteiger partial charge in [-0.15, -0.1) is 0 Å². The third kappa shape index (κ3) is 3.92. The van der Waals surface area contributed by atoms with Gasteiger partial charge in [0.25, 0.3) is 0 Å². The minimum absolute atomic E-state index is 0.0519. The molecule has 1 amide bonds. The van der Waals surface area contributed by atoms with Gasteiger partial charge >= 0.3 is 0 Å². The Morgan fingerprint density at radius 1 is 0.929 bits per heavy atom. The van der Waals surface area contributed by atoms with Crippen LogP contribution in [-0.2, 0) is 4.79 Å². The van der Waals surface area contributed by atoms with E-state index >= 15 is 0 Å². The number of hydrogen-bond acceptors (Lipinski definition) is 3. The Hall–Kier alpha value is -3.11. The van der Waals surface area contributed by atoms with Crippen LogP contribution in [0.25, 0.3) is 11.1 Å². The first-order valence-corrected chi connectivity index (χ1v) is 9.55. The smallest absolute Gasteiger partial charge is 0.229 e. The van der Waals surface area contributed by atoms with Crippen LogP contribution in [0.3, 0.4) is 0 Å². The minimum Gasteiger partial charge on any atom is -0.497 e. The van der Waals surface area contributed by atoms with Crippen LogP contribution >= 0.6 is 0 Å². The highest BCUT2D eigenvalue weighted by Gasteiger charge is 2.34. The molecule has 2 atom stereocenters. The van der Waals surface area contributed by atoms with Crippen LogP contribution < -0.4 is 15.4 Å². The number of methoxy groups -OCH3 is 1. The van der Waals surface area contributed by atoms with E-state index in [0.717, 1.165) is 34.7 Å². The zero-order valence-corrected chi connectivity index (χ0v) is 15.9. The van der Waals surface area contributed by atoms with Gasteiger partial charge in [-0.2, -0.15) is 0 Å². The van der Waals surface area contributed by atoms with Gasteiger partial charge in [0, 0.05) is 24.7 Å². The summed E-state index contributed by atoms with van der Waals surface area (Å²) in [6.45, 7) is 1.48. The molecule has 3 aromatic carbocycles. The predicted molar refractivity (Wildman–Crippen MR) is 113 cm³/mol. The Labute approximate surface area is 165 Å². The molecule has 0 saturated carbocycles. The van der Waals surface area contributed by atoms with E-state index in [1.165, 1.54) is 0 Å². The van der Waals surface area contributed by atoms with Crippen LogP contribution in [0.5, 0.6) is 5.75 Å². The number of nitrogens with one attached hydrogen (secondary N) is 2. The molecule has 1 fully saturated rings. The van der Waals surface area contributed by atoms with Gasteiger partial charge in [0.05, 0.1) is 13.0 Å². The molecule has 0 spiro atoms. The summed E-state index contributed by atoms with van der Waals surface area (Å²) in [5, 5.41) is 6.47. The van der Waals surface area contributed by atoms with Crippen molar-refractivity contribution >= 4 is 11.6 Å². The minimum atomic E-state index is -0.103. The summed E-state index contributed by atoms with van der Waals surface area (Å²) >= 11 is 0. The average molecular weight is 372 g/mol. The number of rotatable bonds is 5. The number of benzene rings is 3. The van der Waals surface area contributed by atoms with Gasteiger partial charge in [0.15, 0.2) is 0 Å². The fourth-order valence-electron chi connectivity index (χ4n) is 3.80. The second kappa shape index (κ2) is 8.28. The summed E-state index contributed by atoms with van der Waals surface area (Å²) in [6.07, 6.45) is 0. The van der Waals surface area contributed by atoms with E-state index < -0.39 is 0 Å². The maximum absolute atomic E-state index is 13.0. The number of amides is 1. The van der Waals surface area contributed by atoms with Gasteiger partial charge in [-0.1, -0.05) is 54.6 Å². The molecular formula is C24H24N2O2. The molecule has 3 aromatic rings. The highest BCUT2D eigenvalue weighted by atomic mass is 16.5. The molecule has 0 unspecified atom stereocenters. The van der Waals surface area contributed by atoms with Crippen molar-refractivity contribution in [3.63, 3.8) is 0 Å². The monoisotopic (exact) mass is 372 g/mol. The van der Waals surface area contributed by atoms with Crippen LogP contribution in [0, 0.1) is 5.92 Å². The number of ether oxygens (including phenoxy) is 1. The van der Waals surface area contributed by atoms with Crippen molar-refractivity contribution in [1.29, 1.82) is 0 Å². The van der Waals surface area contributed by atoms with Gasteiger partial charge in [0.2, 0.25) is 5.91 Å². The van der Waals surface area contributed by atoms with Gasteiger partial charge in [-0.3, -0.25) is 4.79 Å². The summed E-state index contributed by atoms with van der Waals surface area (Å²) in [4.78, 5) is 13.0. The zero-order chi connectivity index (χ0) is 19.3. The zero-order valence-electron chi connectivity index (χ0n) is 15.9. The fraction of sp³-hybridized carbons (Fsp3) is 0.208. The van der Waals surface area contributed by atoms with Gasteiger partial charge in [-0.05, 0) is 41.0 Å². The molecule has 0 aliphatic carbocycles. The summed E-state index contributed by atoms with van der Waals surface area (Å²) in [5.41, 5.74) is 4.21. The molecule has 1 heterocycles. The SMILES string of the molecule is COc1ccc([C@@H]2CNC[C@H]2C(=O)Nc2cccc(-c3ccccc3)c2)cc1. The molecule has 0 aromatic heterocycles. The molecule has 0 bridgehead atoms. The third-order valence-electron chi connectivity index (χ3n) is 5.33. The summed E-state index contributed by atoms with van der Waals surface area (Å²) < 4.78 is 5.24. The van der Waals surface area contributed by atoms with Crippen LogP contribution in [0.1, 0.15) is 11.5 Å². The van der Waals surface area contributed by atoms with Crippen molar-refractivity contribution in [3.8, 4) is 16.9 Å². The molecule has 4 heteroatoms. The van der Waals surface area contributed by atoms with E-state index in [1.807, 2.05) is 60.7 Å². The standard InChI is InChI=1S/C24H24N2O2/c1-28-21-12-10-18(11-13-21)22-15-25-16-23(22)24(27)26-20-9-5-8-19(14-20)17-6-3-2-4-7-17/h2-14,22-23,25H,15-16H2,1H3,(H,26,27)/t22-,23+/m0/s1. The lowest BCUT2D eigenvalue weighted by Gasteiger charge is -2.19. The Balaban J connectivity index is 1.49. The molecule has 1 saturated heterocycles. The largest absolute Gasteiger partial charge is 0.497 e. The number of hydrogen-bond donors (Lipinski definition) is 2. The van der Waals surface area contributed by atoms with E-state index in [4.69, 9.17) is 4.74 Å². The van der Waals surface area contributed by atoms with Gasteiger partial charge in [0.1, 0.15) is 5.75 Å². The van der Waals surface area contributed by atoms with Crippen LogP contribution in [0.4, 0.5) is 5.69 Å². The maximum atomic E-state index is 13.0. The molecule has 2 N–H and O–H groups in total. The van der Waals surface area contributed by atoms with Crippen molar-refractivity contribution in [1.82, 2.24) is 5.32 Å². The Bertz CT molecular complexity index is 938. The highest BCUT2D eigenvalue weighted by molar-refractivity contribution is 5.94. The number of anilines is 1. The van der Waals surface area contributed by atoms with Crippen molar-refractivity contribution < 1.29 is 9.53 Å². The molecule has 4 rings (SSSR count). The average Bonchev–Trinajstić information content (AvgIpc) is 3.25. The van der Waals surface area contributed by atoms with E-state index in [-0.39, 0.29) is 17.7 Å². The molecule has 4 nitrogen and oxygen atoms in total. The topological polar surface area (TPSA) is 50.4 Å². The van der Waals surface area contributed by atoms with Crippen molar-refractivity contribution in [2.45, 2.75) is 5.92 Å². The van der Waals surface area contributed by atoms with Crippen LogP contribution in [-0.4, -0.2) is 26.1 Å². The Morgan fingerprint density at radius 2 is 1.68 bits per heavy atom. The lowest BCUT2D eigenvalue weighted by atomic mass is 9.88. The number of carbonyl (C=O) groups is 1. The quantitative estimate of drug-likeness (QED) is 0.702. The first-order chi connectivity index (χ1) is 13.7. The lowest BCUT2D eigenvalue weighted by Crippen LogP contribution is -2.28. The lowest BCUT2D eigenvalue weighted by molar-refractivity contribution is -0.119. The number of carbonyl (C=O) groups excluding carboxylic acids is 1. The fourth-order valence-corrected chi connectivity index (χ4v) is 3.80. The van der Waals surface area contributed by atoms with Crippen LogP contribution in [0.15, 0.2) is 78.9 Å². The molecule has 142 valence electrons. The Kier molecular flexibility index (Phi) is 5.40. The predicted octanol–water partition coefficient (Wildman–Crippen LogP) is 4.30. The molecular weight excluding hydrogens is 348 g/mol. The van der Waals surface area contributed by atoms with Gasteiger partial charge < -0.3 is 15.4 Å². The molecule has 1 aliphatic rings. The molecule has 0 radical (unpaired) electrons. The summed E-state index contributed by atoms with van der Waals surface area (Å²) in [7, 11) is 1.66. The maximum Gasteiger partial charge on any atom is 0.229 e. The molecule has 1 aliphatic heterocycles. The van der Waals surface area contributed by atoms with E-state index in [1.54, 1.807) is 7.11 Å². The normalized spacial score (nSPS) is 18.6. The van der Waals surface area contributed by atoms with Crippen LogP contribution in [0.2, 0.25) is 0 Å². The van der Waals surface area contributed by atoms with Gasteiger partial charge in [-0.25, -0.2) is 0 Å². The second-order valence-electron chi connectivity index (χ2n) is 7.08. The summed E-state index contributed by atoms with van der Waals surface area (Å²) in [6, 6.07) is 26.2. The summed E-state index contributed by atoms with van der Waals surface area (Å²) in [5.74, 6) is 0.932. The molecule has 28 heavy (non-hydrogen) atoms. The first-order valence-electron chi connectivity index (χ1n) is 9.55. The Morgan fingerprint density at radius 3 is 2.43 bits per heavy atom. The van der Waals surface area contributed by atoms with Crippen molar-refractivity contribution in [3.05, 3.63) is 84.4 Å². The van der Waals surface area contributed by atoms with E-state index in [0.29, 0.717) is 6.54 Å². The second-order valence-corrected chi connectivity index (χ2v) is 7.08.